The van der Waals surface area contributed by atoms with Gasteiger partial charge >= 0.3 is 0 Å². The highest BCUT2D eigenvalue weighted by Crippen LogP contribution is 2.18. The summed E-state index contributed by atoms with van der Waals surface area (Å²) >= 11 is 0. The van der Waals surface area contributed by atoms with Crippen LogP contribution in [-0.2, 0) is 6.54 Å². The Labute approximate surface area is 192 Å². The Bertz CT molecular complexity index is 769. The van der Waals surface area contributed by atoms with Gasteiger partial charge in [-0.15, -0.1) is 24.0 Å². The van der Waals surface area contributed by atoms with E-state index in [1.807, 2.05) is 13.2 Å². The zero-order valence-electron chi connectivity index (χ0n) is 17.8. The van der Waals surface area contributed by atoms with E-state index < -0.39 is 0 Å². The van der Waals surface area contributed by atoms with Crippen LogP contribution in [0.15, 0.2) is 47.6 Å². The van der Waals surface area contributed by atoms with Crippen LogP contribution in [0.3, 0.4) is 0 Å². The SMILES string of the molecule is CN=C(NCc1ccnc(N2CCCCC2)c1)NCC(C)c1ccc(C)cc1.I. The molecule has 0 aliphatic carbocycles. The number of piperidine rings is 1. The molecular formula is C23H34IN5. The van der Waals surface area contributed by atoms with Crippen molar-refractivity contribution in [2.75, 3.05) is 31.6 Å². The summed E-state index contributed by atoms with van der Waals surface area (Å²) in [6.07, 6.45) is 5.77. The lowest BCUT2D eigenvalue weighted by Crippen LogP contribution is -2.38. The molecule has 0 spiro atoms. The summed E-state index contributed by atoms with van der Waals surface area (Å²) in [4.78, 5) is 11.3. The predicted molar refractivity (Wildman–Crippen MR) is 134 cm³/mol. The van der Waals surface area contributed by atoms with Crippen molar-refractivity contribution in [1.29, 1.82) is 0 Å². The van der Waals surface area contributed by atoms with Crippen molar-refractivity contribution in [3.63, 3.8) is 0 Å². The lowest BCUT2D eigenvalue weighted by molar-refractivity contribution is 0.573. The number of pyridine rings is 1. The Kier molecular flexibility index (Phi) is 9.70. The van der Waals surface area contributed by atoms with Crippen LogP contribution in [0.25, 0.3) is 0 Å². The Morgan fingerprint density at radius 3 is 2.52 bits per heavy atom. The van der Waals surface area contributed by atoms with Gasteiger partial charge in [-0.1, -0.05) is 36.8 Å². The number of hydrogen-bond donors (Lipinski definition) is 2. The molecule has 0 amide bonds. The Hall–Kier alpha value is -1.83. The summed E-state index contributed by atoms with van der Waals surface area (Å²) < 4.78 is 0. The van der Waals surface area contributed by atoms with E-state index in [1.165, 1.54) is 36.0 Å². The number of aryl methyl sites for hydroxylation is 1. The maximum absolute atomic E-state index is 4.56. The summed E-state index contributed by atoms with van der Waals surface area (Å²) in [5.41, 5.74) is 3.86. The Morgan fingerprint density at radius 2 is 1.83 bits per heavy atom. The third-order valence-electron chi connectivity index (χ3n) is 5.40. The minimum atomic E-state index is 0. The maximum Gasteiger partial charge on any atom is 0.191 e. The number of guanidine groups is 1. The van der Waals surface area contributed by atoms with E-state index in [9.17, 15) is 0 Å². The molecule has 1 saturated heterocycles. The third kappa shape index (κ3) is 7.17. The molecule has 1 aromatic heterocycles. The van der Waals surface area contributed by atoms with Crippen LogP contribution in [-0.4, -0.2) is 37.6 Å². The number of rotatable bonds is 6. The van der Waals surface area contributed by atoms with Gasteiger partial charge in [-0.05, 0) is 55.4 Å². The molecule has 1 aliphatic heterocycles. The van der Waals surface area contributed by atoms with E-state index in [0.29, 0.717) is 5.92 Å². The predicted octanol–water partition coefficient (Wildman–Crippen LogP) is 4.47. The van der Waals surface area contributed by atoms with E-state index in [0.717, 1.165) is 38.0 Å². The first-order chi connectivity index (χ1) is 13.7. The molecular weight excluding hydrogens is 473 g/mol. The van der Waals surface area contributed by atoms with Gasteiger partial charge in [-0.2, -0.15) is 0 Å². The lowest BCUT2D eigenvalue weighted by atomic mass is 10.0. The van der Waals surface area contributed by atoms with Crippen molar-refractivity contribution in [2.45, 2.75) is 45.6 Å². The van der Waals surface area contributed by atoms with Gasteiger partial charge in [0, 0.05) is 39.4 Å². The molecule has 1 aliphatic rings. The van der Waals surface area contributed by atoms with Gasteiger partial charge in [0.2, 0.25) is 0 Å². The van der Waals surface area contributed by atoms with Crippen LogP contribution >= 0.6 is 24.0 Å². The lowest BCUT2D eigenvalue weighted by Gasteiger charge is -2.28. The van der Waals surface area contributed by atoms with Gasteiger partial charge in [0.15, 0.2) is 5.96 Å². The molecule has 1 atom stereocenters. The summed E-state index contributed by atoms with van der Waals surface area (Å²) in [7, 11) is 1.82. The molecule has 2 N–H and O–H groups in total. The molecule has 0 bridgehead atoms. The fourth-order valence-corrected chi connectivity index (χ4v) is 3.54. The Morgan fingerprint density at radius 1 is 1.10 bits per heavy atom. The minimum absolute atomic E-state index is 0. The fourth-order valence-electron chi connectivity index (χ4n) is 3.54. The fraction of sp³-hybridized carbons (Fsp3) is 0.478. The normalized spacial score (nSPS) is 15.4. The van der Waals surface area contributed by atoms with Crippen LogP contribution in [0.4, 0.5) is 5.82 Å². The molecule has 1 fully saturated rings. The number of benzene rings is 1. The molecule has 0 radical (unpaired) electrons. The quantitative estimate of drug-likeness (QED) is 0.344. The standard InChI is InChI=1S/C23H33N5.HI/c1-18-7-9-21(10-8-18)19(2)16-26-23(24-3)27-17-20-11-12-25-22(15-20)28-13-5-4-6-14-28;/h7-12,15,19H,4-6,13-14,16-17H2,1-3H3,(H2,24,26,27);1H. The van der Waals surface area contributed by atoms with Crippen LogP contribution in [0.1, 0.15) is 48.8 Å². The topological polar surface area (TPSA) is 52.6 Å². The van der Waals surface area contributed by atoms with E-state index in [2.05, 4.69) is 75.8 Å². The highest BCUT2D eigenvalue weighted by Gasteiger charge is 2.12. The van der Waals surface area contributed by atoms with Crippen LogP contribution in [0.2, 0.25) is 0 Å². The second-order valence-electron chi connectivity index (χ2n) is 7.69. The van der Waals surface area contributed by atoms with E-state index >= 15 is 0 Å². The number of anilines is 1. The van der Waals surface area contributed by atoms with E-state index in [-0.39, 0.29) is 24.0 Å². The molecule has 158 valence electrons. The zero-order chi connectivity index (χ0) is 19.8. The van der Waals surface area contributed by atoms with Crippen LogP contribution in [0.5, 0.6) is 0 Å². The highest BCUT2D eigenvalue weighted by atomic mass is 127. The monoisotopic (exact) mass is 507 g/mol. The molecule has 0 saturated carbocycles. The molecule has 2 heterocycles. The average Bonchev–Trinajstić information content (AvgIpc) is 2.75. The summed E-state index contributed by atoms with van der Waals surface area (Å²) in [5.74, 6) is 2.34. The Balaban J connectivity index is 0.00000300. The second kappa shape index (κ2) is 12.0. The first kappa shape index (κ1) is 23.4. The molecule has 5 nitrogen and oxygen atoms in total. The van der Waals surface area contributed by atoms with E-state index in [4.69, 9.17) is 0 Å². The summed E-state index contributed by atoms with van der Waals surface area (Å²) in [6, 6.07) is 13.0. The van der Waals surface area contributed by atoms with Gasteiger partial charge in [0.25, 0.3) is 0 Å². The van der Waals surface area contributed by atoms with Crippen LogP contribution < -0.4 is 15.5 Å². The number of halogens is 1. The van der Waals surface area contributed by atoms with Crippen molar-refractivity contribution in [1.82, 2.24) is 15.6 Å². The highest BCUT2D eigenvalue weighted by molar-refractivity contribution is 14.0. The van der Waals surface area contributed by atoms with Crippen molar-refractivity contribution in [3.05, 3.63) is 59.3 Å². The molecule has 29 heavy (non-hydrogen) atoms. The van der Waals surface area contributed by atoms with Gasteiger partial charge in [0.05, 0.1) is 0 Å². The minimum Gasteiger partial charge on any atom is -0.357 e. The van der Waals surface area contributed by atoms with Crippen LogP contribution in [0, 0.1) is 6.92 Å². The molecule has 1 unspecified atom stereocenters. The van der Waals surface area contributed by atoms with Gasteiger partial charge in [-0.3, -0.25) is 4.99 Å². The molecule has 3 rings (SSSR count). The first-order valence-corrected chi connectivity index (χ1v) is 10.4. The molecule has 6 heteroatoms. The number of aromatic nitrogens is 1. The smallest absolute Gasteiger partial charge is 0.191 e. The summed E-state index contributed by atoms with van der Waals surface area (Å²) in [5, 5.41) is 6.87. The largest absolute Gasteiger partial charge is 0.357 e. The number of hydrogen-bond acceptors (Lipinski definition) is 3. The summed E-state index contributed by atoms with van der Waals surface area (Å²) in [6.45, 7) is 8.17. The second-order valence-corrected chi connectivity index (χ2v) is 7.69. The number of nitrogens with zero attached hydrogens (tertiary/aromatic N) is 3. The van der Waals surface area contributed by atoms with Gasteiger partial charge in [-0.25, -0.2) is 4.98 Å². The maximum atomic E-state index is 4.56. The van der Waals surface area contributed by atoms with E-state index in [1.54, 1.807) is 0 Å². The number of nitrogens with one attached hydrogen (secondary N) is 2. The third-order valence-corrected chi connectivity index (χ3v) is 5.40. The van der Waals surface area contributed by atoms with Crippen molar-refractivity contribution >= 4 is 35.8 Å². The molecule has 2 aromatic rings. The first-order valence-electron chi connectivity index (χ1n) is 10.4. The zero-order valence-corrected chi connectivity index (χ0v) is 20.1. The van der Waals surface area contributed by atoms with Gasteiger partial charge in [0.1, 0.15) is 5.82 Å². The van der Waals surface area contributed by atoms with Crippen molar-refractivity contribution in [2.24, 2.45) is 4.99 Å². The van der Waals surface area contributed by atoms with Crippen molar-refractivity contribution in [3.8, 4) is 0 Å². The average molecular weight is 507 g/mol. The molecule has 1 aromatic carbocycles. The van der Waals surface area contributed by atoms with Gasteiger partial charge < -0.3 is 15.5 Å². The van der Waals surface area contributed by atoms with Crippen molar-refractivity contribution < 1.29 is 0 Å². The number of aliphatic imine (C=N–C) groups is 1.